The summed E-state index contributed by atoms with van der Waals surface area (Å²) in [7, 11) is 1.84. The molecule has 0 atom stereocenters. The minimum Gasteiger partial charge on any atom is -0.354 e. The van der Waals surface area contributed by atoms with Gasteiger partial charge in [-0.3, -0.25) is 4.99 Å². The van der Waals surface area contributed by atoms with E-state index in [1.807, 2.05) is 25.5 Å². The summed E-state index contributed by atoms with van der Waals surface area (Å²) in [6.45, 7) is 3.80. The summed E-state index contributed by atoms with van der Waals surface area (Å²) in [5.74, 6) is 2.82. The molecule has 0 bridgehead atoms. The lowest BCUT2D eigenvalue weighted by molar-refractivity contribution is 0.295. The number of aliphatic imine (C=N–C) groups is 1. The van der Waals surface area contributed by atoms with Crippen LogP contribution in [0.15, 0.2) is 47.7 Å². The minimum absolute atomic E-state index is 0. The Kier molecular flexibility index (Phi) is 9.81. The smallest absolute Gasteiger partial charge is 0.191 e. The van der Waals surface area contributed by atoms with E-state index in [-0.39, 0.29) is 24.0 Å². The average Bonchev–Trinajstić information content (AvgIpc) is 3.14. The highest BCUT2D eigenvalue weighted by atomic mass is 127. The Morgan fingerprint density at radius 2 is 1.93 bits per heavy atom. The van der Waals surface area contributed by atoms with E-state index in [9.17, 15) is 0 Å². The summed E-state index contributed by atoms with van der Waals surface area (Å²) < 4.78 is 2.19. The first-order valence-corrected chi connectivity index (χ1v) is 10.3. The second-order valence-electron chi connectivity index (χ2n) is 7.53. The number of aromatic nitrogens is 2. The first-order chi connectivity index (χ1) is 13.3. The molecular formula is C22H34IN5. The summed E-state index contributed by atoms with van der Waals surface area (Å²) in [5, 5.41) is 7.04. The molecular weight excluding hydrogens is 461 g/mol. The summed E-state index contributed by atoms with van der Waals surface area (Å²) >= 11 is 0. The van der Waals surface area contributed by atoms with Crippen molar-refractivity contribution in [3.05, 3.63) is 54.1 Å². The predicted octanol–water partition coefficient (Wildman–Crippen LogP) is 4.57. The van der Waals surface area contributed by atoms with Crippen LogP contribution in [0.3, 0.4) is 0 Å². The summed E-state index contributed by atoms with van der Waals surface area (Å²) in [4.78, 5) is 8.92. The highest BCUT2D eigenvalue weighted by Crippen LogP contribution is 2.27. The van der Waals surface area contributed by atoms with Crippen LogP contribution in [0.4, 0.5) is 0 Å². The van der Waals surface area contributed by atoms with Gasteiger partial charge in [0.2, 0.25) is 0 Å². The van der Waals surface area contributed by atoms with Gasteiger partial charge in [-0.15, -0.1) is 24.0 Å². The van der Waals surface area contributed by atoms with Gasteiger partial charge in [0.25, 0.3) is 0 Å². The number of hydrogen-bond acceptors (Lipinski definition) is 2. The number of benzene rings is 1. The maximum absolute atomic E-state index is 4.51. The molecule has 5 nitrogen and oxygen atoms in total. The fourth-order valence-corrected chi connectivity index (χ4v) is 3.99. The number of nitrogens with zero attached hydrogens (tertiary/aromatic N) is 3. The number of hydrogen-bond donors (Lipinski definition) is 2. The molecule has 6 heteroatoms. The van der Waals surface area contributed by atoms with Gasteiger partial charge >= 0.3 is 0 Å². The van der Waals surface area contributed by atoms with Gasteiger partial charge in [-0.05, 0) is 37.2 Å². The Morgan fingerprint density at radius 3 is 2.61 bits per heavy atom. The van der Waals surface area contributed by atoms with Crippen molar-refractivity contribution in [2.75, 3.05) is 7.05 Å². The molecule has 28 heavy (non-hydrogen) atoms. The quantitative estimate of drug-likeness (QED) is 0.336. The minimum atomic E-state index is 0. The molecule has 0 unspecified atom stereocenters. The molecule has 0 saturated heterocycles. The second-order valence-corrected chi connectivity index (χ2v) is 7.53. The van der Waals surface area contributed by atoms with Gasteiger partial charge < -0.3 is 15.2 Å². The van der Waals surface area contributed by atoms with Gasteiger partial charge in [0.05, 0.1) is 6.54 Å². The molecule has 0 radical (unpaired) electrons. The molecule has 154 valence electrons. The van der Waals surface area contributed by atoms with Gasteiger partial charge in [0, 0.05) is 32.0 Å². The molecule has 1 aromatic heterocycles. The highest BCUT2D eigenvalue weighted by molar-refractivity contribution is 14.0. The van der Waals surface area contributed by atoms with Crippen molar-refractivity contribution in [2.24, 2.45) is 10.9 Å². The Hall–Kier alpha value is -1.57. The second kappa shape index (κ2) is 12.1. The van der Waals surface area contributed by atoms with E-state index in [0.29, 0.717) is 12.6 Å². The molecule has 1 aliphatic rings. The number of rotatable bonds is 7. The Labute approximate surface area is 186 Å². The molecule has 3 rings (SSSR count). The standard InChI is InChI=1S/C22H33N5.HI/c1-3-7-18-10-12-20(13-11-18)26-22(23-2)25-16-21-24-14-15-27(21)17-19-8-5-4-6-9-19;/h4-6,8-9,14-15,18,20H,3,7,10-13,16-17H2,1-2H3,(H2,23,25,26);1H. The van der Waals surface area contributed by atoms with Crippen molar-refractivity contribution in [1.82, 2.24) is 20.2 Å². The van der Waals surface area contributed by atoms with Gasteiger partial charge in [0.15, 0.2) is 5.96 Å². The van der Waals surface area contributed by atoms with E-state index in [2.05, 4.69) is 56.4 Å². The summed E-state index contributed by atoms with van der Waals surface area (Å²) in [6.07, 6.45) is 11.8. The zero-order chi connectivity index (χ0) is 18.9. The van der Waals surface area contributed by atoms with E-state index >= 15 is 0 Å². The van der Waals surface area contributed by atoms with E-state index in [4.69, 9.17) is 0 Å². The lowest BCUT2D eigenvalue weighted by Gasteiger charge is -2.30. The SMILES string of the molecule is CCCC1CCC(NC(=NC)NCc2nccn2Cc2ccccc2)CC1.I. The van der Waals surface area contributed by atoms with Gasteiger partial charge in [0.1, 0.15) is 5.82 Å². The molecule has 1 fully saturated rings. The number of halogens is 1. The largest absolute Gasteiger partial charge is 0.354 e. The maximum atomic E-state index is 4.51. The molecule has 1 heterocycles. The van der Waals surface area contributed by atoms with E-state index in [1.54, 1.807) is 0 Å². The van der Waals surface area contributed by atoms with Crippen LogP contribution >= 0.6 is 24.0 Å². The third-order valence-electron chi connectivity index (χ3n) is 5.52. The highest BCUT2D eigenvalue weighted by Gasteiger charge is 2.21. The molecule has 0 aliphatic heterocycles. The zero-order valence-corrected chi connectivity index (χ0v) is 19.4. The van der Waals surface area contributed by atoms with Crippen LogP contribution in [0.1, 0.15) is 56.8 Å². The van der Waals surface area contributed by atoms with Crippen LogP contribution in [0, 0.1) is 5.92 Å². The van der Waals surface area contributed by atoms with Crippen LogP contribution in [0.25, 0.3) is 0 Å². The molecule has 1 aromatic carbocycles. The number of nitrogens with one attached hydrogen (secondary N) is 2. The van der Waals surface area contributed by atoms with Crippen molar-refractivity contribution < 1.29 is 0 Å². The third-order valence-corrected chi connectivity index (χ3v) is 5.52. The van der Waals surface area contributed by atoms with Crippen LogP contribution < -0.4 is 10.6 Å². The molecule has 2 N–H and O–H groups in total. The summed E-state index contributed by atoms with van der Waals surface area (Å²) in [5.41, 5.74) is 1.28. The molecule has 0 spiro atoms. The first kappa shape index (κ1) is 22.7. The fourth-order valence-electron chi connectivity index (χ4n) is 3.99. The van der Waals surface area contributed by atoms with Crippen molar-refractivity contribution in [3.8, 4) is 0 Å². The topological polar surface area (TPSA) is 54.2 Å². The predicted molar refractivity (Wildman–Crippen MR) is 127 cm³/mol. The molecule has 0 amide bonds. The Balaban J connectivity index is 0.00000280. The third kappa shape index (κ3) is 6.79. The Bertz CT molecular complexity index is 705. The monoisotopic (exact) mass is 495 g/mol. The summed E-state index contributed by atoms with van der Waals surface area (Å²) in [6, 6.07) is 11.0. The molecule has 1 aliphatic carbocycles. The normalized spacial score (nSPS) is 19.7. The maximum Gasteiger partial charge on any atom is 0.191 e. The van der Waals surface area contributed by atoms with Crippen LogP contribution in [0.5, 0.6) is 0 Å². The van der Waals surface area contributed by atoms with E-state index in [0.717, 1.165) is 24.2 Å². The lowest BCUT2D eigenvalue weighted by Crippen LogP contribution is -2.44. The lowest BCUT2D eigenvalue weighted by atomic mass is 9.83. The van der Waals surface area contributed by atoms with Crippen LogP contribution in [0.2, 0.25) is 0 Å². The fraction of sp³-hybridized carbons (Fsp3) is 0.545. The zero-order valence-electron chi connectivity index (χ0n) is 17.1. The van der Waals surface area contributed by atoms with Crippen molar-refractivity contribution >= 4 is 29.9 Å². The van der Waals surface area contributed by atoms with E-state index in [1.165, 1.54) is 44.1 Å². The molecule has 1 saturated carbocycles. The van der Waals surface area contributed by atoms with Crippen molar-refractivity contribution in [1.29, 1.82) is 0 Å². The van der Waals surface area contributed by atoms with Gasteiger partial charge in [-0.2, -0.15) is 0 Å². The van der Waals surface area contributed by atoms with Gasteiger partial charge in [-0.1, -0.05) is 50.1 Å². The average molecular weight is 495 g/mol. The van der Waals surface area contributed by atoms with E-state index < -0.39 is 0 Å². The van der Waals surface area contributed by atoms with Crippen LogP contribution in [-0.4, -0.2) is 28.6 Å². The first-order valence-electron chi connectivity index (χ1n) is 10.3. The Morgan fingerprint density at radius 1 is 1.18 bits per heavy atom. The van der Waals surface area contributed by atoms with Crippen molar-refractivity contribution in [3.63, 3.8) is 0 Å². The number of guanidine groups is 1. The van der Waals surface area contributed by atoms with Crippen molar-refractivity contribution in [2.45, 2.75) is 64.6 Å². The van der Waals surface area contributed by atoms with Gasteiger partial charge in [-0.25, -0.2) is 4.98 Å². The van der Waals surface area contributed by atoms with Crippen LogP contribution in [-0.2, 0) is 13.1 Å². The molecule has 2 aromatic rings. The number of imidazole rings is 1.